The number of aliphatic imine (C=N–C) groups is 1. The quantitative estimate of drug-likeness (QED) is 0.757. The number of nitrogens with zero attached hydrogens (tertiary/aromatic N) is 4. The number of imide groups is 1. The Morgan fingerprint density at radius 1 is 1.04 bits per heavy atom. The Morgan fingerprint density at radius 3 is 2.52 bits per heavy atom. The largest absolute Gasteiger partial charge is 0.351 e. The lowest BCUT2D eigenvalue weighted by molar-refractivity contribution is -0.139. The smallest absolute Gasteiger partial charge is 0.341 e. The van der Waals surface area contributed by atoms with E-state index in [-0.39, 0.29) is 18.4 Å². The number of piperidine rings is 2. The zero-order valence-electron chi connectivity index (χ0n) is 15.5. The molecule has 2 saturated heterocycles. The Hall–Kier alpha value is -2.28. The maximum absolute atomic E-state index is 12.7. The molecule has 1 unspecified atom stereocenters. The molecule has 27 heavy (non-hydrogen) atoms. The van der Waals surface area contributed by atoms with E-state index in [1.807, 2.05) is 0 Å². The highest BCUT2D eigenvalue weighted by molar-refractivity contribution is 6.22. The lowest BCUT2D eigenvalue weighted by Crippen LogP contribution is -2.53. The molecule has 144 valence electrons. The molecule has 3 heterocycles. The predicted molar refractivity (Wildman–Crippen MR) is 101 cm³/mol. The molecule has 1 atom stereocenters. The van der Waals surface area contributed by atoms with Crippen LogP contribution in [0.25, 0.3) is 0 Å². The lowest BCUT2D eigenvalue weighted by atomic mass is 9.95. The molecule has 4 amide bonds. The molecule has 0 N–H and O–H groups in total. The minimum atomic E-state index is -0.636. The number of amides is 4. The van der Waals surface area contributed by atoms with Crippen LogP contribution in [0.1, 0.15) is 32.1 Å². The summed E-state index contributed by atoms with van der Waals surface area (Å²) in [6.07, 6.45) is 12.7. The molecule has 2 fully saturated rings. The normalized spacial score (nSPS) is 27.0. The summed E-state index contributed by atoms with van der Waals surface area (Å²) in [4.78, 5) is 46.8. The number of likely N-dealkylation sites (tertiary alicyclic amines) is 2. The van der Waals surface area contributed by atoms with Crippen LogP contribution in [0.4, 0.5) is 4.79 Å². The topological polar surface area (TPSA) is 73.3 Å². The summed E-state index contributed by atoms with van der Waals surface area (Å²) in [5.74, 6) is -1.07. The summed E-state index contributed by atoms with van der Waals surface area (Å²) >= 11 is 0. The molecule has 0 aromatic rings. The van der Waals surface area contributed by atoms with Gasteiger partial charge in [0.15, 0.2) is 0 Å². The first-order chi connectivity index (χ1) is 13.1. The molecule has 4 aliphatic rings. The van der Waals surface area contributed by atoms with Crippen molar-refractivity contribution in [1.29, 1.82) is 0 Å². The van der Waals surface area contributed by atoms with Crippen molar-refractivity contribution >= 4 is 23.6 Å². The van der Waals surface area contributed by atoms with Gasteiger partial charge in [0.05, 0.1) is 11.6 Å². The van der Waals surface area contributed by atoms with Crippen molar-refractivity contribution in [3.63, 3.8) is 0 Å². The van der Waals surface area contributed by atoms with Gasteiger partial charge in [-0.2, -0.15) is 4.99 Å². The van der Waals surface area contributed by atoms with Gasteiger partial charge in [0.2, 0.25) is 11.8 Å². The summed E-state index contributed by atoms with van der Waals surface area (Å²) in [6, 6.07) is -0.0818. The Labute approximate surface area is 159 Å². The number of urea groups is 1. The molecule has 0 aromatic heterocycles. The SMILES string of the molecule is O=C(CN1C(=O)N=C2C=CC=CC2C1=O)N1CCC(N2CCCCC2)CC1. The van der Waals surface area contributed by atoms with Crippen molar-refractivity contribution in [2.24, 2.45) is 10.9 Å². The van der Waals surface area contributed by atoms with Crippen LogP contribution in [-0.2, 0) is 9.59 Å². The highest BCUT2D eigenvalue weighted by atomic mass is 16.2. The molecule has 3 aliphatic heterocycles. The predicted octanol–water partition coefficient (Wildman–Crippen LogP) is 1.61. The third-order valence-electron chi connectivity index (χ3n) is 6.01. The van der Waals surface area contributed by atoms with Gasteiger partial charge in [0.25, 0.3) is 0 Å². The fourth-order valence-electron chi connectivity index (χ4n) is 4.42. The van der Waals surface area contributed by atoms with Gasteiger partial charge in [-0.1, -0.05) is 24.6 Å². The second-order valence-corrected chi connectivity index (χ2v) is 7.67. The van der Waals surface area contributed by atoms with Crippen LogP contribution in [0.15, 0.2) is 29.3 Å². The van der Waals surface area contributed by atoms with Crippen molar-refractivity contribution in [3.8, 4) is 0 Å². The molecule has 0 aromatic carbocycles. The molecule has 4 rings (SSSR count). The van der Waals surface area contributed by atoms with Gasteiger partial charge in [0, 0.05) is 19.1 Å². The highest BCUT2D eigenvalue weighted by Crippen LogP contribution is 2.22. The third-order valence-corrected chi connectivity index (χ3v) is 6.01. The molecule has 0 bridgehead atoms. The van der Waals surface area contributed by atoms with Crippen LogP contribution in [0.3, 0.4) is 0 Å². The number of hydrogen-bond acceptors (Lipinski definition) is 4. The molecule has 0 spiro atoms. The first-order valence-electron chi connectivity index (χ1n) is 9.94. The molecule has 7 nitrogen and oxygen atoms in total. The second kappa shape index (κ2) is 7.76. The van der Waals surface area contributed by atoms with Crippen molar-refractivity contribution in [1.82, 2.24) is 14.7 Å². The minimum Gasteiger partial charge on any atom is -0.341 e. The van der Waals surface area contributed by atoms with Crippen molar-refractivity contribution in [2.75, 3.05) is 32.7 Å². The summed E-state index contributed by atoms with van der Waals surface area (Å²) < 4.78 is 0. The average molecular weight is 370 g/mol. The fourth-order valence-corrected chi connectivity index (χ4v) is 4.42. The van der Waals surface area contributed by atoms with Crippen molar-refractivity contribution < 1.29 is 14.4 Å². The number of fused-ring (bicyclic) bond motifs is 1. The van der Waals surface area contributed by atoms with Crippen molar-refractivity contribution in [2.45, 2.75) is 38.1 Å². The molecule has 7 heteroatoms. The van der Waals surface area contributed by atoms with Crippen LogP contribution in [0.2, 0.25) is 0 Å². The summed E-state index contributed by atoms with van der Waals surface area (Å²) in [5.41, 5.74) is 0.457. The van der Waals surface area contributed by atoms with Crippen LogP contribution in [0, 0.1) is 5.92 Å². The number of carbonyl (C=O) groups is 3. The van der Waals surface area contributed by atoms with E-state index < -0.39 is 11.9 Å². The number of rotatable bonds is 3. The summed E-state index contributed by atoms with van der Waals surface area (Å²) in [5, 5.41) is 0. The summed E-state index contributed by atoms with van der Waals surface area (Å²) in [7, 11) is 0. The number of carbonyl (C=O) groups excluding carboxylic acids is 3. The molecule has 0 radical (unpaired) electrons. The van der Waals surface area contributed by atoms with Gasteiger partial charge < -0.3 is 9.80 Å². The Bertz CT molecular complexity index is 713. The van der Waals surface area contributed by atoms with E-state index in [2.05, 4.69) is 9.89 Å². The number of hydrogen-bond donors (Lipinski definition) is 0. The summed E-state index contributed by atoms with van der Waals surface area (Å²) in [6.45, 7) is 3.50. The first kappa shape index (κ1) is 18.1. The van der Waals surface area contributed by atoms with Crippen LogP contribution in [0.5, 0.6) is 0 Å². The first-order valence-corrected chi connectivity index (χ1v) is 9.94. The van der Waals surface area contributed by atoms with Crippen molar-refractivity contribution in [3.05, 3.63) is 24.3 Å². The maximum Gasteiger partial charge on any atom is 0.351 e. The standard InChI is InChI=1S/C20H26N4O3/c25-18(23-12-8-15(9-13-23)22-10-4-1-5-11-22)14-24-19(26)16-6-2-3-7-17(16)21-20(24)27/h2-3,6-7,15-16H,1,4-5,8-14H2. The lowest BCUT2D eigenvalue weighted by Gasteiger charge is -2.40. The van der Waals surface area contributed by atoms with E-state index in [9.17, 15) is 14.4 Å². The highest BCUT2D eigenvalue weighted by Gasteiger charge is 2.38. The van der Waals surface area contributed by atoms with Crippen LogP contribution in [-0.4, -0.2) is 77.0 Å². The molecule has 0 saturated carbocycles. The Balaban J connectivity index is 1.34. The number of allylic oxidation sites excluding steroid dienone is 3. The Kier molecular flexibility index (Phi) is 5.20. The van der Waals surface area contributed by atoms with Gasteiger partial charge in [-0.15, -0.1) is 0 Å². The van der Waals surface area contributed by atoms with Crippen LogP contribution >= 0.6 is 0 Å². The van der Waals surface area contributed by atoms with E-state index in [0.717, 1.165) is 17.7 Å². The van der Waals surface area contributed by atoms with Gasteiger partial charge in [-0.05, 0) is 44.8 Å². The Morgan fingerprint density at radius 2 is 1.78 bits per heavy atom. The molecular weight excluding hydrogens is 344 g/mol. The molecular formula is C20H26N4O3. The zero-order chi connectivity index (χ0) is 18.8. The van der Waals surface area contributed by atoms with Gasteiger partial charge in [-0.3, -0.25) is 14.5 Å². The van der Waals surface area contributed by atoms with Gasteiger partial charge >= 0.3 is 6.03 Å². The van der Waals surface area contributed by atoms with Gasteiger partial charge in [-0.25, -0.2) is 4.79 Å². The second-order valence-electron chi connectivity index (χ2n) is 7.67. The third kappa shape index (κ3) is 3.74. The maximum atomic E-state index is 12.7. The van der Waals surface area contributed by atoms with E-state index in [1.165, 1.54) is 32.4 Å². The zero-order valence-corrected chi connectivity index (χ0v) is 15.5. The van der Waals surface area contributed by atoms with E-state index in [0.29, 0.717) is 24.8 Å². The van der Waals surface area contributed by atoms with Gasteiger partial charge in [0.1, 0.15) is 6.54 Å². The van der Waals surface area contributed by atoms with E-state index in [4.69, 9.17) is 0 Å². The molecule has 1 aliphatic carbocycles. The van der Waals surface area contributed by atoms with Crippen LogP contribution < -0.4 is 0 Å². The average Bonchev–Trinajstić information content (AvgIpc) is 2.72. The van der Waals surface area contributed by atoms with E-state index in [1.54, 1.807) is 29.2 Å². The minimum absolute atomic E-state index is 0.164. The monoisotopic (exact) mass is 370 g/mol. The van der Waals surface area contributed by atoms with E-state index >= 15 is 0 Å². The fraction of sp³-hybridized carbons (Fsp3) is 0.600.